The van der Waals surface area contributed by atoms with Gasteiger partial charge in [-0.25, -0.2) is 4.39 Å². The maximum absolute atomic E-state index is 13.8. The normalized spacial score (nSPS) is 12.2. The SMILES string of the molecule is CCC(Nc1cc(C)ccc1F)c1cc(Br)ccc1O. The van der Waals surface area contributed by atoms with Crippen molar-refractivity contribution in [2.75, 3.05) is 5.32 Å². The van der Waals surface area contributed by atoms with Crippen molar-refractivity contribution in [3.05, 3.63) is 57.8 Å². The summed E-state index contributed by atoms with van der Waals surface area (Å²) in [5, 5.41) is 13.2. The van der Waals surface area contributed by atoms with Crippen LogP contribution in [0.5, 0.6) is 5.75 Å². The number of anilines is 1. The average molecular weight is 338 g/mol. The van der Waals surface area contributed by atoms with Crippen molar-refractivity contribution in [3.63, 3.8) is 0 Å². The summed E-state index contributed by atoms with van der Waals surface area (Å²) in [6.45, 7) is 3.91. The first-order chi connectivity index (χ1) is 9.51. The molecule has 2 nitrogen and oxygen atoms in total. The van der Waals surface area contributed by atoms with Gasteiger partial charge in [0.2, 0.25) is 0 Å². The molecule has 0 radical (unpaired) electrons. The smallest absolute Gasteiger partial charge is 0.146 e. The Balaban J connectivity index is 2.33. The van der Waals surface area contributed by atoms with E-state index >= 15 is 0 Å². The number of hydrogen-bond donors (Lipinski definition) is 2. The topological polar surface area (TPSA) is 32.3 Å². The van der Waals surface area contributed by atoms with Crippen molar-refractivity contribution in [2.24, 2.45) is 0 Å². The van der Waals surface area contributed by atoms with Crippen molar-refractivity contribution in [1.82, 2.24) is 0 Å². The van der Waals surface area contributed by atoms with E-state index in [0.717, 1.165) is 22.0 Å². The second-order valence-electron chi connectivity index (χ2n) is 4.79. The van der Waals surface area contributed by atoms with Crippen LogP contribution in [0.25, 0.3) is 0 Å². The molecular weight excluding hydrogens is 321 g/mol. The van der Waals surface area contributed by atoms with E-state index in [4.69, 9.17) is 0 Å². The minimum absolute atomic E-state index is 0.149. The van der Waals surface area contributed by atoms with Crippen LogP contribution in [0.3, 0.4) is 0 Å². The summed E-state index contributed by atoms with van der Waals surface area (Å²) in [6.07, 6.45) is 0.734. The highest BCUT2D eigenvalue weighted by Gasteiger charge is 2.15. The summed E-state index contributed by atoms with van der Waals surface area (Å²) in [5.74, 6) is -0.0795. The molecule has 0 bridgehead atoms. The van der Waals surface area contributed by atoms with Gasteiger partial charge in [0, 0.05) is 10.0 Å². The van der Waals surface area contributed by atoms with Gasteiger partial charge in [-0.2, -0.15) is 0 Å². The van der Waals surface area contributed by atoms with E-state index in [1.807, 2.05) is 19.9 Å². The van der Waals surface area contributed by atoms with Crippen LogP contribution < -0.4 is 5.32 Å². The molecule has 4 heteroatoms. The van der Waals surface area contributed by atoms with Gasteiger partial charge in [-0.05, 0) is 49.2 Å². The fourth-order valence-electron chi connectivity index (χ4n) is 2.14. The molecule has 2 aromatic rings. The fraction of sp³-hybridized carbons (Fsp3) is 0.250. The van der Waals surface area contributed by atoms with Gasteiger partial charge < -0.3 is 10.4 Å². The van der Waals surface area contributed by atoms with E-state index in [1.165, 1.54) is 6.07 Å². The van der Waals surface area contributed by atoms with Gasteiger partial charge in [-0.1, -0.05) is 28.9 Å². The molecule has 0 saturated heterocycles. The highest BCUT2D eigenvalue weighted by Crippen LogP contribution is 2.32. The van der Waals surface area contributed by atoms with Gasteiger partial charge >= 0.3 is 0 Å². The number of phenolic OH excluding ortho intramolecular Hbond substituents is 1. The minimum Gasteiger partial charge on any atom is -0.508 e. The molecule has 0 aliphatic rings. The number of aryl methyl sites for hydroxylation is 1. The van der Waals surface area contributed by atoms with E-state index in [0.29, 0.717) is 5.69 Å². The molecule has 20 heavy (non-hydrogen) atoms. The van der Waals surface area contributed by atoms with E-state index < -0.39 is 0 Å². The monoisotopic (exact) mass is 337 g/mol. The number of hydrogen-bond acceptors (Lipinski definition) is 2. The Morgan fingerprint density at radius 1 is 1.25 bits per heavy atom. The number of phenols is 1. The van der Waals surface area contributed by atoms with E-state index in [-0.39, 0.29) is 17.6 Å². The van der Waals surface area contributed by atoms with Crippen molar-refractivity contribution < 1.29 is 9.50 Å². The molecule has 0 heterocycles. The lowest BCUT2D eigenvalue weighted by molar-refractivity contribution is 0.462. The standard InChI is InChI=1S/C16H17BrFNO/c1-3-14(12-9-11(17)5-7-16(12)20)19-15-8-10(2)4-6-13(15)18/h4-9,14,19-20H,3H2,1-2H3. The molecule has 0 amide bonds. The molecule has 0 spiro atoms. The molecule has 106 valence electrons. The quantitative estimate of drug-likeness (QED) is 0.806. The number of rotatable bonds is 4. The molecule has 0 saturated carbocycles. The van der Waals surface area contributed by atoms with Crippen molar-refractivity contribution in [2.45, 2.75) is 26.3 Å². The predicted molar refractivity (Wildman–Crippen MR) is 83.6 cm³/mol. The van der Waals surface area contributed by atoms with Crippen LogP contribution in [0.1, 0.15) is 30.5 Å². The maximum atomic E-state index is 13.8. The lowest BCUT2D eigenvalue weighted by Crippen LogP contribution is -2.11. The summed E-state index contributed by atoms with van der Waals surface area (Å²) in [7, 11) is 0. The second-order valence-corrected chi connectivity index (χ2v) is 5.71. The van der Waals surface area contributed by atoms with Gasteiger partial charge in [-0.3, -0.25) is 0 Å². The Morgan fingerprint density at radius 2 is 2.00 bits per heavy atom. The van der Waals surface area contributed by atoms with Crippen molar-refractivity contribution in [3.8, 4) is 5.75 Å². The first kappa shape index (κ1) is 14.9. The first-order valence-electron chi connectivity index (χ1n) is 6.52. The summed E-state index contributed by atoms with van der Waals surface area (Å²) >= 11 is 3.39. The molecule has 0 fully saturated rings. The molecular formula is C16H17BrFNO. The summed E-state index contributed by atoms with van der Waals surface area (Å²) < 4.78 is 14.7. The number of halogens is 2. The largest absolute Gasteiger partial charge is 0.508 e. The first-order valence-corrected chi connectivity index (χ1v) is 7.31. The molecule has 2 aromatic carbocycles. The third kappa shape index (κ3) is 3.31. The number of nitrogens with one attached hydrogen (secondary N) is 1. The van der Waals surface area contributed by atoms with Gasteiger partial charge in [-0.15, -0.1) is 0 Å². The van der Waals surface area contributed by atoms with Crippen LogP contribution >= 0.6 is 15.9 Å². The second kappa shape index (κ2) is 6.27. The lowest BCUT2D eigenvalue weighted by atomic mass is 10.0. The van der Waals surface area contributed by atoms with Crippen molar-refractivity contribution in [1.29, 1.82) is 0 Å². The van der Waals surface area contributed by atoms with Gasteiger partial charge in [0.25, 0.3) is 0 Å². The zero-order chi connectivity index (χ0) is 14.7. The zero-order valence-electron chi connectivity index (χ0n) is 11.5. The van der Waals surface area contributed by atoms with E-state index in [1.54, 1.807) is 24.3 Å². The van der Waals surface area contributed by atoms with Crippen LogP contribution in [0.2, 0.25) is 0 Å². The number of aromatic hydroxyl groups is 1. The molecule has 0 aromatic heterocycles. The Hall–Kier alpha value is -1.55. The third-order valence-corrected chi connectivity index (χ3v) is 3.72. The molecule has 2 rings (SSSR count). The van der Waals surface area contributed by atoms with Crippen LogP contribution in [-0.2, 0) is 0 Å². The van der Waals surface area contributed by atoms with Gasteiger partial charge in [0.05, 0.1) is 11.7 Å². The Kier molecular flexibility index (Phi) is 4.65. The highest BCUT2D eigenvalue weighted by atomic mass is 79.9. The highest BCUT2D eigenvalue weighted by molar-refractivity contribution is 9.10. The van der Waals surface area contributed by atoms with Crippen LogP contribution in [-0.4, -0.2) is 5.11 Å². The summed E-state index contributed by atoms with van der Waals surface area (Å²) in [6, 6.07) is 10.1. The van der Waals surface area contributed by atoms with Crippen LogP contribution in [0.15, 0.2) is 40.9 Å². The Labute approximate surface area is 126 Å². The Morgan fingerprint density at radius 3 is 2.70 bits per heavy atom. The molecule has 2 N–H and O–H groups in total. The predicted octanol–water partition coefficient (Wildman–Crippen LogP) is 5.17. The lowest BCUT2D eigenvalue weighted by Gasteiger charge is -2.20. The minimum atomic E-state index is -0.288. The summed E-state index contributed by atoms with van der Waals surface area (Å²) in [4.78, 5) is 0. The molecule has 1 unspecified atom stereocenters. The number of benzene rings is 2. The molecule has 0 aliphatic heterocycles. The fourth-order valence-corrected chi connectivity index (χ4v) is 2.52. The maximum Gasteiger partial charge on any atom is 0.146 e. The average Bonchev–Trinajstić information content (AvgIpc) is 2.42. The van der Waals surface area contributed by atoms with Crippen LogP contribution in [0, 0.1) is 12.7 Å². The molecule has 0 aliphatic carbocycles. The molecule has 1 atom stereocenters. The summed E-state index contributed by atoms with van der Waals surface area (Å²) in [5.41, 5.74) is 2.20. The third-order valence-electron chi connectivity index (χ3n) is 3.22. The zero-order valence-corrected chi connectivity index (χ0v) is 13.0. The van der Waals surface area contributed by atoms with E-state index in [9.17, 15) is 9.50 Å². The van der Waals surface area contributed by atoms with Gasteiger partial charge in [0.15, 0.2) is 0 Å². The van der Waals surface area contributed by atoms with Gasteiger partial charge in [0.1, 0.15) is 11.6 Å². The van der Waals surface area contributed by atoms with E-state index in [2.05, 4.69) is 21.2 Å². The van der Waals surface area contributed by atoms with Crippen molar-refractivity contribution >= 4 is 21.6 Å². The van der Waals surface area contributed by atoms with Crippen LogP contribution in [0.4, 0.5) is 10.1 Å². The Bertz CT molecular complexity index is 615.